The first-order valence-electron chi connectivity index (χ1n) is 8.30. The van der Waals surface area contributed by atoms with Crippen molar-refractivity contribution in [3.05, 3.63) is 41.4 Å². The summed E-state index contributed by atoms with van der Waals surface area (Å²) < 4.78 is 1.86. The van der Waals surface area contributed by atoms with Gasteiger partial charge in [-0.05, 0) is 37.0 Å². The first kappa shape index (κ1) is 15.4. The number of nitrogens with zero attached hydrogens (tertiary/aromatic N) is 4. The van der Waals surface area contributed by atoms with E-state index in [1.807, 2.05) is 16.8 Å². The third kappa shape index (κ3) is 2.62. The fourth-order valence-electron chi connectivity index (χ4n) is 3.25. The molecule has 0 fully saturated rings. The van der Waals surface area contributed by atoms with Crippen molar-refractivity contribution in [3.8, 4) is 0 Å². The number of anilines is 1. The summed E-state index contributed by atoms with van der Waals surface area (Å²) in [4.78, 5) is 21.3. The van der Waals surface area contributed by atoms with E-state index in [4.69, 9.17) is 0 Å². The van der Waals surface area contributed by atoms with Gasteiger partial charge in [0.2, 0.25) is 11.1 Å². The highest BCUT2D eigenvalue weighted by molar-refractivity contribution is 7.99. The highest BCUT2D eigenvalue weighted by Crippen LogP contribution is 2.40. The number of hydrogen-bond acceptors (Lipinski definition) is 6. The van der Waals surface area contributed by atoms with Crippen LogP contribution in [0.5, 0.6) is 0 Å². The zero-order chi connectivity index (χ0) is 16.5. The first-order valence-corrected chi connectivity index (χ1v) is 9.29. The van der Waals surface area contributed by atoms with E-state index < -0.39 is 0 Å². The molecule has 0 spiro atoms. The fourth-order valence-corrected chi connectivity index (χ4v) is 3.93. The van der Waals surface area contributed by atoms with E-state index in [9.17, 15) is 4.79 Å². The predicted molar refractivity (Wildman–Crippen MR) is 92.9 cm³/mol. The van der Waals surface area contributed by atoms with Crippen molar-refractivity contribution in [1.29, 1.82) is 0 Å². The third-order valence-corrected chi connectivity index (χ3v) is 5.35. The highest BCUT2D eigenvalue weighted by atomic mass is 32.2. The molecule has 3 heterocycles. The topological polar surface area (TPSA) is 72.7 Å². The van der Waals surface area contributed by atoms with Crippen LogP contribution in [0.2, 0.25) is 0 Å². The van der Waals surface area contributed by atoms with Gasteiger partial charge in [-0.2, -0.15) is 4.98 Å². The number of thioether (sulfide) groups is 1. The van der Waals surface area contributed by atoms with E-state index in [0.29, 0.717) is 6.42 Å². The van der Waals surface area contributed by atoms with Crippen LogP contribution in [0.1, 0.15) is 44.2 Å². The summed E-state index contributed by atoms with van der Waals surface area (Å²) >= 11 is 1.65. The number of fused-ring (bicyclic) bond motifs is 1. The Bertz CT molecular complexity index is 799. The van der Waals surface area contributed by atoms with Crippen LogP contribution in [0.15, 0.2) is 41.0 Å². The highest BCUT2D eigenvalue weighted by Gasteiger charge is 2.36. The number of aromatic nitrogens is 4. The average Bonchev–Trinajstić information content (AvgIpc) is 3.01. The molecule has 1 aliphatic heterocycles. The monoisotopic (exact) mass is 341 g/mol. The van der Waals surface area contributed by atoms with Crippen LogP contribution in [0, 0.1) is 0 Å². The van der Waals surface area contributed by atoms with Crippen LogP contribution >= 0.6 is 11.8 Å². The SMILES string of the molecule is CCCSc1nc2n(n1)C(c1ccncc1)C1=C(CCCC1=O)N2. The molecule has 1 unspecified atom stereocenters. The molecule has 1 atom stereocenters. The van der Waals surface area contributed by atoms with Gasteiger partial charge in [-0.15, -0.1) is 5.10 Å². The average molecular weight is 341 g/mol. The summed E-state index contributed by atoms with van der Waals surface area (Å²) in [6.45, 7) is 2.14. The lowest BCUT2D eigenvalue weighted by Crippen LogP contribution is -2.31. The van der Waals surface area contributed by atoms with Crippen LogP contribution in [0.4, 0.5) is 5.95 Å². The van der Waals surface area contributed by atoms with E-state index in [0.717, 1.165) is 53.0 Å². The van der Waals surface area contributed by atoms with Gasteiger partial charge in [-0.25, -0.2) is 4.68 Å². The molecule has 24 heavy (non-hydrogen) atoms. The molecule has 4 rings (SSSR count). The van der Waals surface area contributed by atoms with Crippen LogP contribution < -0.4 is 5.32 Å². The van der Waals surface area contributed by atoms with E-state index in [-0.39, 0.29) is 11.8 Å². The number of hydrogen-bond donors (Lipinski definition) is 1. The second kappa shape index (κ2) is 6.39. The molecule has 7 heteroatoms. The lowest BCUT2D eigenvalue weighted by Gasteiger charge is -2.32. The zero-order valence-electron chi connectivity index (χ0n) is 13.5. The summed E-state index contributed by atoms with van der Waals surface area (Å²) in [5.74, 6) is 1.91. The van der Waals surface area contributed by atoms with Crippen molar-refractivity contribution >= 4 is 23.5 Å². The van der Waals surface area contributed by atoms with E-state index in [1.165, 1.54) is 0 Å². The van der Waals surface area contributed by atoms with Gasteiger partial charge >= 0.3 is 0 Å². The zero-order valence-corrected chi connectivity index (χ0v) is 14.3. The summed E-state index contributed by atoms with van der Waals surface area (Å²) in [6, 6.07) is 3.69. The van der Waals surface area contributed by atoms with E-state index in [1.54, 1.807) is 24.2 Å². The van der Waals surface area contributed by atoms with E-state index in [2.05, 4.69) is 27.3 Å². The lowest BCUT2D eigenvalue weighted by atomic mass is 9.86. The Morgan fingerprint density at radius 3 is 2.96 bits per heavy atom. The standard InChI is InChI=1S/C17H19N5OS/c1-2-10-24-17-20-16-19-12-4-3-5-13(23)14(12)15(22(16)21-17)11-6-8-18-9-7-11/h6-9,15H,2-5,10H2,1H3,(H,19,20,21). The first-order chi connectivity index (χ1) is 11.8. The molecule has 2 aromatic heterocycles. The molecule has 0 bridgehead atoms. The fraction of sp³-hybridized carbons (Fsp3) is 0.412. The van der Waals surface area contributed by atoms with Crippen molar-refractivity contribution in [3.63, 3.8) is 0 Å². The van der Waals surface area contributed by atoms with Gasteiger partial charge in [0, 0.05) is 35.8 Å². The second-order valence-electron chi connectivity index (χ2n) is 5.99. The molecule has 2 aliphatic rings. The largest absolute Gasteiger partial charge is 0.328 e. The van der Waals surface area contributed by atoms with Crippen molar-refractivity contribution in [1.82, 2.24) is 19.7 Å². The van der Waals surface area contributed by atoms with Crippen LogP contribution in [0.3, 0.4) is 0 Å². The van der Waals surface area contributed by atoms with Gasteiger partial charge in [-0.1, -0.05) is 18.7 Å². The maximum absolute atomic E-state index is 12.6. The summed E-state index contributed by atoms with van der Waals surface area (Å²) in [5, 5.41) is 8.77. The smallest absolute Gasteiger partial charge is 0.227 e. The summed E-state index contributed by atoms with van der Waals surface area (Å²) in [5.41, 5.74) is 2.85. The Morgan fingerprint density at radius 1 is 1.33 bits per heavy atom. The Labute approximate surface area is 144 Å². The van der Waals surface area contributed by atoms with Gasteiger partial charge in [0.05, 0.1) is 0 Å². The van der Waals surface area contributed by atoms with Crippen LogP contribution in [-0.2, 0) is 4.79 Å². The third-order valence-electron chi connectivity index (χ3n) is 4.31. The molecular formula is C17H19N5OS. The molecule has 124 valence electrons. The maximum atomic E-state index is 12.6. The Balaban J connectivity index is 1.82. The van der Waals surface area contributed by atoms with Crippen molar-refractivity contribution < 1.29 is 4.79 Å². The van der Waals surface area contributed by atoms with Gasteiger partial charge < -0.3 is 5.32 Å². The summed E-state index contributed by atoms with van der Waals surface area (Å²) in [6.07, 6.45) is 6.96. The lowest BCUT2D eigenvalue weighted by molar-refractivity contribution is -0.116. The van der Waals surface area contributed by atoms with Crippen molar-refractivity contribution in [2.75, 3.05) is 11.1 Å². The number of allylic oxidation sites excluding steroid dienone is 2. The molecule has 6 nitrogen and oxygen atoms in total. The number of nitrogens with one attached hydrogen (secondary N) is 1. The quantitative estimate of drug-likeness (QED) is 0.861. The number of ketones is 1. The molecule has 0 saturated carbocycles. The van der Waals surface area contributed by atoms with E-state index >= 15 is 0 Å². The van der Waals surface area contributed by atoms with Crippen molar-refractivity contribution in [2.45, 2.75) is 43.8 Å². The Morgan fingerprint density at radius 2 is 2.17 bits per heavy atom. The van der Waals surface area contributed by atoms with Gasteiger partial charge in [0.15, 0.2) is 5.78 Å². The van der Waals surface area contributed by atoms with Gasteiger partial charge in [0.25, 0.3) is 0 Å². The minimum absolute atomic E-state index is 0.203. The number of pyridine rings is 1. The van der Waals surface area contributed by atoms with Gasteiger partial charge in [0.1, 0.15) is 6.04 Å². The molecule has 1 aliphatic carbocycles. The minimum atomic E-state index is -0.212. The molecule has 0 aromatic carbocycles. The Hall–Kier alpha value is -2.15. The second-order valence-corrected chi connectivity index (χ2v) is 7.05. The normalized spacial score (nSPS) is 19.7. The number of carbonyl (C=O) groups is 1. The Kier molecular flexibility index (Phi) is 4.10. The van der Waals surface area contributed by atoms with Gasteiger partial charge in [-0.3, -0.25) is 9.78 Å². The predicted octanol–water partition coefficient (Wildman–Crippen LogP) is 3.20. The number of rotatable bonds is 4. The molecule has 0 amide bonds. The van der Waals surface area contributed by atoms with Crippen LogP contribution in [-0.4, -0.2) is 31.3 Å². The number of carbonyl (C=O) groups excluding carboxylic acids is 1. The molecule has 2 aromatic rings. The molecular weight excluding hydrogens is 322 g/mol. The molecule has 0 radical (unpaired) electrons. The minimum Gasteiger partial charge on any atom is -0.328 e. The molecule has 0 saturated heterocycles. The van der Waals surface area contributed by atoms with Crippen LogP contribution in [0.25, 0.3) is 0 Å². The van der Waals surface area contributed by atoms with Crippen molar-refractivity contribution in [2.24, 2.45) is 0 Å². The maximum Gasteiger partial charge on any atom is 0.227 e. The number of Topliss-reactive ketones (excluding diaryl/α,β-unsaturated/α-hetero) is 1. The summed E-state index contributed by atoms with van der Waals surface area (Å²) in [7, 11) is 0. The molecule has 1 N–H and O–H groups in total.